The van der Waals surface area contributed by atoms with Crippen molar-refractivity contribution in [1.82, 2.24) is 4.90 Å². The van der Waals surface area contributed by atoms with Gasteiger partial charge in [-0.05, 0) is 19.1 Å². The van der Waals surface area contributed by atoms with Crippen LogP contribution in [0.1, 0.15) is 45.4 Å². The summed E-state index contributed by atoms with van der Waals surface area (Å²) in [5, 5.41) is 9.13. The van der Waals surface area contributed by atoms with E-state index in [9.17, 15) is 9.59 Å². The highest BCUT2D eigenvalue weighted by Gasteiger charge is 2.23. The Hall–Kier alpha value is -1.79. The summed E-state index contributed by atoms with van der Waals surface area (Å²) >= 11 is 7.30. The van der Waals surface area contributed by atoms with E-state index in [0.717, 1.165) is 4.88 Å². The lowest BCUT2D eigenvalue weighted by Gasteiger charge is -2.18. The number of carbonyl (C=O) groups is 2. The predicted molar refractivity (Wildman–Crippen MR) is 84.8 cm³/mol. The number of carboxylic acids is 1. The molecule has 0 saturated heterocycles. The Balaban J connectivity index is 2.22. The minimum Gasteiger partial charge on any atom is -0.478 e. The van der Waals surface area contributed by atoms with E-state index in [0.29, 0.717) is 29.6 Å². The number of carbonyl (C=O) groups excluding carboxylic acids is 1. The smallest absolute Gasteiger partial charge is 0.339 e. The van der Waals surface area contributed by atoms with E-state index in [2.05, 4.69) is 0 Å². The average molecular weight is 342 g/mol. The zero-order chi connectivity index (χ0) is 16.3. The molecule has 1 N–H and O–H groups in total. The second kappa shape index (κ2) is 6.98. The lowest BCUT2D eigenvalue weighted by atomic mass is 10.2. The van der Waals surface area contributed by atoms with Crippen LogP contribution in [0.4, 0.5) is 0 Å². The van der Waals surface area contributed by atoms with Crippen LogP contribution in [0.3, 0.4) is 0 Å². The van der Waals surface area contributed by atoms with Gasteiger partial charge >= 0.3 is 5.97 Å². The van der Waals surface area contributed by atoms with Crippen LogP contribution >= 0.6 is 22.9 Å². The number of carboxylic acid groups (broad SMARTS) is 1. The summed E-state index contributed by atoms with van der Waals surface area (Å²) < 4.78 is 6.08. The van der Waals surface area contributed by atoms with Crippen molar-refractivity contribution in [3.05, 3.63) is 44.5 Å². The van der Waals surface area contributed by atoms with E-state index in [1.165, 1.54) is 17.4 Å². The molecule has 0 unspecified atom stereocenters. The molecule has 7 heteroatoms. The zero-order valence-electron chi connectivity index (χ0n) is 12.3. The molecule has 22 heavy (non-hydrogen) atoms. The molecule has 2 heterocycles. The third-order valence-corrected chi connectivity index (χ3v) is 4.43. The Morgan fingerprint density at radius 1 is 1.36 bits per heavy atom. The van der Waals surface area contributed by atoms with Crippen LogP contribution in [-0.4, -0.2) is 28.4 Å². The van der Waals surface area contributed by atoms with Crippen LogP contribution in [0.5, 0.6) is 0 Å². The van der Waals surface area contributed by atoms with Gasteiger partial charge in [0, 0.05) is 23.9 Å². The highest BCUT2D eigenvalue weighted by Crippen LogP contribution is 2.24. The number of aromatic carboxylic acids is 1. The molecule has 0 aliphatic carbocycles. The molecule has 0 atom stereocenters. The van der Waals surface area contributed by atoms with E-state index < -0.39 is 5.97 Å². The van der Waals surface area contributed by atoms with E-state index in [1.807, 2.05) is 13.0 Å². The summed E-state index contributed by atoms with van der Waals surface area (Å²) in [6.07, 6.45) is 0.418. The molecule has 2 rings (SSSR count). The van der Waals surface area contributed by atoms with Crippen LogP contribution in [0, 0.1) is 0 Å². The lowest BCUT2D eigenvalue weighted by Crippen LogP contribution is -2.29. The molecule has 118 valence electrons. The molecular formula is C15H16ClNO4S. The van der Waals surface area contributed by atoms with Crippen LogP contribution in [0.25, 0.3) is 0 Å². The van der Waals surface area contributed by atoms with Crippen molar-refractivity contribution < 1.29 is 19.1 Å². The monoisotopic (exact) mass is 341 g/mol. The van der Waals surface area contributed by atoms with Gasteiger partial charge in [0.2, 0.25) is 0 Å². The van der Waals surface area contributed by atoms with Crippen LogP contribution in [0.15, 0.2) is 22.6 Å². The molecule has 0 radical (unpaired) electrons. The largest absolute Gasteiger partial charge is 0.478 e. The third kappa shape index (κ3) is 3.51. The average Bonchev–Trinajstić information content (AvgIpc) is 3.10. The number of hydrogen-bond donors (Lipinski definition) is 1. The molecule has 0 aromatic carbocycles. The Labute approximate surface area is 137 Å². The normalized spacial score (nSPS) is 10.7. The Bertz CT molecular complexity index is 692. The molecule has 0 aliphatic rings. The van der Waals surface area contributed by atoms with E-state index in [4.69, 9.17) is 21.1 Å². The molecule has 0 bridgehead atoms. The molecule has 1 amide bonds. The SMILES string of the molecule is CCc1oc(C(=O)N(CC)Cc2ccc(Cl)s2)cc1C(=O)O. The summed E-state index contributed by atoms with van der Waals surface area (Å²) in [5.41, 5.74) is 0.0427. The van der Waals surface area contributed by atoms with Crippen molar-refractivity contribution in [3.8, 4) is 0 Å². The number of nitrogens with zero attached hydrogens (tertiary/aromatic N) is 1. The number of aryl methyl sites for hydroxylation is 1. The fourth-order valence-corrected chi connectivity index (χ4v) is 3.19. The number of rotatable bonds is 6. The second-order valence-corrected chi connectivity index (χ2v) is 6.43. The van der Waals surface area contributed by atoms with Gasteiger partial charge in [0.15, 0.2) is 5.76 Å². The zero-order valence-corrected chi connectivity index (χ0v) is 13.8. The summed E-state index contributed by atoms with van der Waals surface area (Å²) in [6.45, 7) is 4.54. The van der Waals surface area contributed by atoms with Gasteiger partial charge < -0.3 is 14.4 Å². The maximum atomic E-state index is 12.5. The van der Waals surface area contributed by atoms with E-state index in [-0.39, 0.29) is 17.2 Å². The second-order valence-electron chi connectivity index (χ2n) is 4.63. The molecule has 5 nitrogen and oxygen atoms in total. The van der Waals surface area contributed by atoms with Gasteiger partial charge in [-0.15, -0.1) is 11.3 Å². The van der Waals surface area contributed by atoms with Crippen molar-refractivity contribution in [3.63, 3.8) is 0 Å². The highest BCUT2D eigenvalue weighted by molar-refractivity contribution is 7.16. The first-order valence-electron chi connectivity index (χ1n) is 6.85. The first-order chi connectivity index (χ1) is 10.5. The van der Waals surface area contributed by atoms with Crippen LogP contribution < -0.4 is 0 Å². The lowest BCUT2D eigenvalue weighted by molar-refractivity contribution is 0.0691. The van der Waals surface area contributed by atoms with Gasteiger partial charge in [-0.2, -0.15) is 0 Å². The number of thiophene rings is 1. The van der Waals surface area contributed by atoms with E-state index in [1.54, 1.807) is 17.9 Å². The minimum atomic E-state index is -1.09. The van der Waals surface area contributed by atoms with Crippen molar-refractivity contribution >= 4 is 34.8 Å². The fourth-order valence-electron chi connectivity index (χ4n) is 2.09. The van der Waals surface area contributed by atoms with Crippen LogP contribution in [0.2, 0.25) is 4.34 Å². The number of halogens is 1. The number of hydrogen-bond acceptors (Lipinski definition) is 4. The molecule has 2 aromatic heterocycles. The van der Waals surface area contributed by atoms with Gasteiger partial charge in [-0.1, -0.05) is 18.5 Å². The maximum absolute atomic E-state index is 12.5. The summed E-state index contributed by atoms with van der Waals surface area (Å²) in [4.78, 5) is 26.2. The van der Waals surface area contributed by atoms with Crippen molar-refractivity contribution in [2.45, 2.75) is 26.8 Å². The standard InChI is InChI=1S/C15H16ClNO4S/c1-3-11-10(15(19)20)7-12(21-11)14(18)17(4-2)8-9-5-6-13(16)22-9/h5-7H,3-4,8H2,1-2H3,(H,19,20). The molecule has 0 spiro atoms. The Kier molecular flexibility index (Phi) is 5.26. The molecular weight excluding hydrogens is 326 g/mol. The molecule has 0 fully saturated rings. The van der Waals surface area contributed by atoms with Crippen molar-refractivity contribution in [2.75, 3.05) is 6.54 Å². The van der Waals surface area contributed by atoms with Gasteiger partial charge in [0.25, 0.3) is 5.91 Å². The number of furan rings is 1. The van der Waals surface area contributed by atoms with E-state index >= 15 is 0 Å². The Morgan fingerprint density at radius 3 is 2.55 bits per heavy atom. The van der Waals surface area contributed by atoms with Crippen molar-refractivity contribution in [2.24, 2.45) is 0 Å². The van der Waals surface area contributed by atoms with Gasteiger partial charge in [-0.25, -0.2) is 4.79 Å². The maximum Gasteiger partial charge on any atom is 0.339 e. The first-order valence-corrected chi connectivity index (χ1v) is 8.05. The number of amides is 1. The Morgan fingerprint density at radius 2 is 2.09 bits per heavy atom. The highest BCUT2D eigenvalue weighted by atomic mass is 35.5. The summed E-state index contributed by atoms with van der Waals surface area (Å²) in [5.74, 6) is -1.05. The third-order valence-electron chi connectivity index (χ3n) is 3.22. The molecule has 0 saturated carbocycles. The fraction of sp³-hybridized carbons (Fsp3) is 0.333. The van der Waals surface area contributed by atoms with Crippen LogP contribution in [-0.2, 0) is 13.0 Å². The quantitative estimate of drug-likeness (QED) is 0.864. The topological polar surface area (TPSA) is 70.8 Å². The predicted octanol–water partition coefficient (Wildman–Crippen LogP) is 3.92. The van der Waals surface area contributed by atoms with Gasteiger partial charge in [-0.3, -0.25) is 4.79 Å². The summed E-state index contributed by atoms with van der Waals surface area (Å²) in [6, 6.07) is 4.95. The van der Waals surface area contributed by atoms with Gasteiger partial charge in [0.1, 0.15) is 11.3 Å². The van der Waals surface area contributed by atoms with Gasteiger partial charge in [0.05, 0.1) is 10.9 Å². The summed E-state index contributed by atoms with van der Waals surface area (Å²) in [7, 11) is 0. The minimum absolute atomic E-state index is 0.0427. The van der Waals surface area contributed by atoms with Crippen molar-refractivity contribution in [1.29, 1.82) is 0 Å². The molecule has 2 aromatic rings. The molecule has 0 aliphatic heterocycles. The first kappa shape index (κ1) is 16.6.